The highest BCUT2D eigenvalue weighted by Crippen LogP contribution is 2.29. The third-order valence-corrected chi connectivity index (χ3v) is 3.88. The molecule has 0 rings (SSSR count). The minimum Gasteiger partial charge on any atom is -0.330 e. The number of rotatable bonds is 9. The van der Waals surface area contributed by atoms with Crippen LogP contribution in [0.2, 0.25) is 0 Å². The minimum atomic E-state index is -0.269. The van der Waals surface area contributed by atoms with Crippen molar-refractivity contribution in [2.24, 2.45) is 17.1 Å². The van der Waals surface area contributed by atoms with Gasteiger partial charge in [-0.3, -0.25) is 4.79 Å². The lowest BCUT2D eigenvalue weighted by Crippen LogP contribution is -2.48. The Balaban J connectivity index is 4.68. The van der Waals surface area contributed by atoms with Crippen LogP contribution in [0.1, 0.15) is 60.8 Å². The lowest BCUT2D eigenvalue weighted by atomic mass is 9.74. The molecule has 0 aromatic heterocycles. The third kappa shape index (κ3) is 5.49. The van der Waals surface area contributed by atoms with Crippen LogP contribution in [0, 0.1) is 11.3 Å². The molecule has 0 fully saturated rings. The van der Waals surface area contributed by atoms with Crippen LogP contribution in [-0.4, -0.2) is 24.4 Å². The van der Waals surface area contributed by atoms with E-state index in [1.165, 1.54) is 0 Å². The van der Waals surface area contributed by atoms with Crippen LogP contribution in [0.4, 0.5) is 0 Å². The van der Waals surface area contributed by atoms with Gasteiger partial charge < -0.3 is 11.1 Å². The average molecular weight is 256 g/mol. The maximum Gasteiger partial charge on any atom is 0.155 e. The minimum absolute atomic E-state index is 0.0334. The Morgan fingerprint density at radius 3 is 2.11 bits per heavy atom. The van der Waals surface area contributed by atoms with Gasteiger partial charge in [0.25, 0.3) is 0 Å². The van der Waals surface area contributed by atoms with Crippen LogP contribution >= 0.6 is 0 Å². The Morgan fingerprint density at radius 1 is 1.17 bits per heavy atom. The van der Waals surface area contributed by atoms with Crippen molar-refractivity contribution in [1.29, 1.82) is 0 Å². The second kappa shape index (κ2) is 7.90. The van der Waals surface area contributed by atoms with E-state index in [0.717, 1.165) is 19.3 Å². The van der Waals surface area contributed by atoms with Crippen molar-refractivity contribution >= 4 is 5.78 Å². The van der Waals surface area contributed by atoms with Gasteiger partial charge in [-0.25, -0.2) is 0 Å². The highest BCUT2D eigenvalue weighted by Gasteiger charge is 2.35. The lowest BCUT2D eigenvalue weighted by molar-refractivity contribution is -0.131. The summed E-state index contributed by atoms with van der Waals surface area (Å²) in [6, 6.07) is 0.300. The number of unbranched alkanes of at least 4 members (excludes halogenated alkanes) is 1. The molecule has 108 valence electrons. The summed E-state index contributed by atoms with van der Waals surface area (Å²) in [6.07, 6.45) is 2.90. The molecular formula is C15H32N2O. The first-order valence-electron chi connectivity index (χ1n) is 7.23. The molecule has 0 saturated heterocycles. The van der Waals surface area contributed by atoms with E-state index < -0.39 is 0 Å². The molecule has 0 aromatic carbocycles. The standard InChI is InChI=1S/C15H32N2O/c1-11(2)15(5,6)14(18)13(17-12(3)4)9-7-8-10-16/h11-13,17H,7-10,16H2,1-6H3/t13-/m0/s1. The van der Waals surface area contributed by atoms with Crippen molar-refractivity contribution in [3.8, 4) is 0 Å². The second-order valence-corrected chi connectivity index (χ2v) is 6.40. The van der Waals surface area contributed by atoms with Crippen molar-refractivity contribution in [1.82, 2.24) is 5.32 Å². The monoisotopic (exact) mass is 256 g/mol. The molecule has 3 heteroatoms. The van der Waals surface area contributed by atoms with Gasteiger partial charge in [0.05, 0.1) is 6.04 Å². The van der Waals surface area contributed by atoms with E-state index in [1.807, 2.05) is 0 Å². The summed E-state index contributed by atoms with van der Waals surface area (Å²) in [7, 11) is 0. The number of carbonyl (C=O) groups excluding carboxylic acids is 1. The van der Waals surface area contributed by atoms with Crippen LogP contribution in [-0.2, 0) is 4.79 Å². The molecule has 0 bridgehead atoms. The Labute approximate surface area is 113 Å². The topological polar surface area (TPSA) is 55.1 Å². The van der Waals surface area contributed by atoms with Crippen LogP contribution in [0.25, 0.3) is 0 Å². The first-order valence-corrected chi connectivity index (χ1v) is 7.23. The quantitative estimate of drug-likeness (QED) is 0.624. The number of carbonyl (C=O) groups is 1. The number of nitrogens with two attached hydrogens (primary N) is 1. The number of ketones is 1. The Bertz CT molecular complexity index is 247. The van der Waals surface area contributed by atoms with E-state index in [-0.39, 0.29) is 11.5 Å². The SMILES string of the molecule is CC(C)N[C@@H](CCCCN)C(=O)C(C)(C)C(C)C. The number of Topliss-reactive ketones (excluding diaryl/α,β-unsaturated/α-hetero) is 1. The highest BCUT2D eigenvalue weighted by molar-refractivity contribution is 5.89. The molecule has 0 aliphatic carbocycles. The molecule has 0 radical (unpaired) electrons. The van der Waals surface area contributed by atoms with Gasteiger partial charge in [-0.15, -0.1) is 0 Å². The predicted molar refractivity (Wildman–Crippen MR) is 78.6 cm³/mol. The van der Waals surface area contributed by atoms with Crippen LogP contribution in [0.3, 0.4) is 0 Å². The van der Waals surface area contributed by atoms with Gasteiger partial charge in [0.1, 0.15) is 0 Å². The Hall–Kier alpha value is -0.410. The van der Waals surface area contributed by atoms with Gasteiger partial charge >= 0.3 is 0 Å². The van der Waals surface area contributed by atoms with E-state index in [9.17, 15) is 4.79 Å². The normalized spacial score (nSPS) is 14.3. The summed E-state index contributed by atoms with van der Waals surface area (Å²) >= 11 is 0. The van der Waals surface area contributed by atoms with Crippen molar-refractivity contribution < 1.29 is 4.79 Å². The third-order valence-electron chi connectivity index (χ3n) is 3.88. The molecule has 0 saturated carbocycles. The molecule has 0 unspecified atom stereocenters. The summed E-state index contributed by atoms with van der Waals surface area (Å²) in [5, 5.41) is 3.41. The maximum absolute atomic E-state index is 12.6. The van der Waals surface area contributed by atoms with Gasteiger partial charge in [-0.2, -0.15) is 0 Å². The van der Waals surface area contributed by atoms with Gasteiger partial charge in [-0.05, 0) is 25.3 Å². The summed E-state index contributed by atoms with van der Waals surface area (Å²) in [6.45, 7) is 13.2. The van der Waals surface area contributed by atoms with Crippen molar-refractivity contribution in [2.45, 2.75) is 72.9 Å². The average Bonchev–Trinajstić information content (AvgIpc) is 2.26. The van der Waals surface area contributed by atoms with Crippen molar-refractivity contribution in [3.05, 3.63) is 0 Å². The highest BCUT2D eigenvalue weighted by atomic mass is 16.1. The fraction of sp³-hybridized carbons (Fsp3) is 0.933. The number of hydrogen-bond donors (Lipinski definition) is 2. The van der Waals surface area contributed by atoms with Gasteiger partial charge in [0, 0.05) is 11.5 Å². The molecule has 0 amide bonds. The number of nitrogens with one attached hydrogen (secondary N) is 1. The van der Waals surface area contributed by atoms with Gasteiger partial charge in [0.15, 0.2) is 5.78 Å². The van der Waals surface area contributed by atoms with Crippen LogP contribution in [0.15, 0.2) is 0 Å². The molecule has 0 aliphatic heterocycles. The molecule has 0 aromatic rings. The molecular weight excluding hydrogens is 224 g/mol. The summed E-state index contributed by atoms with van der Waals surface area (Å²) in [5.74, 6) is 0.694. The zero-order valence-corrected chi connectivity index (χ0v) is 13.0. The summed E-state index contributed by atoms with van der Waals surface area (Å²) < 4.78 is 0. The molecule has 18 heavy (non-hydrogen) atoms. The van der Waals surface area contributed by atoms with Gasteiger partial charge in [0.2, 0.25) is 0 Å². The molecule has 1 atom stereocenters. The molecule has 3 N–H and O–H groups in total. The summed E-state index contributed by atoms with van der Waals surface area (Å²) in [4.78, 5) is 12.6. The molecule has 3 nitrogen and oxygen atoms in total. The second-order valence-electron chi connectivity index (χ2n) is 6.40. The Kier molecular flexibility index (Phi) is 7.72. The van der Waals surface area contributed by atoms with E-state index >= 15 is 0 Å². The predicted octanol–water partition coefficient (Wildman–Crippen LogP) is 2.73. The maximum atomic E-state index is 12.6. The Morgan fingerprint density at radius 2 is 1.72 bits per heavy atom. The van der Waals surface area contributed by atoms with Crippen LogP contribution < -0.4 is 11.1 Å². The molecule has 0 spiro atoms. The fourth-order valence-electron chi connectivity index (χ4n) is 1.92. The zero-order valence-electron chi connectivity index (χ0n) is 13.0. The van der Waals surface area contributed by atoms with Crippen LogP contribution in [0.5, 0.6) is 0 Å². The zero-order chi connectivity index (χ0) is 14.3. The fourth-order valence-corrected chi connectivity index (χ4v) is 1.92. The first-order chi connectivity index (χ1) is 8.23. The molecule has 0 aliphatic rings. The van der Waals surface area contributed by atoms with E-state index in [0.29, 0.717) is 24.3 Å². The molecule has 0 heterocycles. The van der Waals surface area contributed by atoms with E-state index in [2.05, 4.69) is 46.9 Å². The largest absolute Gasteiger partial charge is 0.330 e. The van der Waals surface area contributed by atoms with E-state index in [4.69, 9.17) is 5.73 Å². The van der Waals surface area contributed by atoms with Crippen molar-refractivity contribution in [3.63, 3.8) is 0 Å². The lowest BCUT2D eigenvalue weighted by Gasteiger charge is -2.33. The first kappa shape index (κ1) is 17.6. The smallest absolute Gasteiger partial charge is 0.155 e. The summed E-state index contributed by atoms with van der Waals surface area (Å²) in [5.41, 5.74) is 5.25. The van der Waals surface area contributed by atoms with Crippen molar-refractivity contribution in [2.75, 3.05) is 6.54 Å². The van der Waals surface area contributed by atoms with E-state index in [1.54, 1.807) is 0 Å². The number of hydrogen-bond acceptors (Lipinski definition) is 3. The van der Waals surface area contributed by atoms with Gasteiger partial charge in [-0.1, -0.05) is 48.0 Å².